The fourth-order valence-corrected chi connectivity index (χ4v) is 0.731. The first-order valence-corrected chi connectivity index (χ1v) is 4.11. The van der Waals surface area contributed by atoms with E-state index in [0.717, 1.165) is 6.92 Å². The van der Waals surface area contributed by atoms with Crippen molar-refractivity contribution in [2.45, 2.75) is 25.4 Å². The largest absolute Gasteiger partial charge is 0.478 e. The molecule has 17 heavy (non-hydrogen) atoms. The van der Waals surface area contributed by atoms with Gasteiger partial charge < -0.3 is 9.84 Å². The van der Waals surface area contributed by atoms with E-state index >= 15 is 0 Å². The number of rotatable bonds is 4. The Morgan fingerprint density at radius 3 is 1.94 bits per heavy atom. The number of halogens is 6. The van der Waals surface area contributed by atoms with Gasteiger partial charge in [0.25, 0.3) is 0 Å². The molecule has 3 nitrogen and oxygen atoms in total. The number of hydrogen-bond acceptors (Lipinski definition) is 2. The molecule has 0 rings (SSSR count). The molecule has 0 aliphatic carbocycles. The van der Waals surface area contributed by atoms with E-state index in [1.807, 2.05) is 0 Å². The van der Waals surface area contributed by atoms with Crippen LogP contribution in [0.25, 0.3) is 0 Å². The van der Waals surface area contributed by atoms with Gasteiger partial charge in [0.1, 0.15) is 0 Å². The maximum Gasteiger partial charge on any atom is 0.423 e. The third kappa shape index (κ3) is 5.57. The van der Waals surface area contributed by atoms with Crippen LogP contribution in [-0.2, 0) is 9.53 Å². The van der Waals surface area contributed by atoms with Crippen molar-refractivity contribution in [1.82, 2.24) is 0 Å². The third-order valence-electron chi connectivity index (χ3n) is 1.58. The molecule has 0 saturated heterocycles. The molecule has 0 bridgehead atoms. The zero-order valence-electron chi connectivity index (χ0n) is 8.39. The molecular formula is C8H8F6O3. The first-order chi connectivity index (χ1) is 7.46. The lowest BCUT2D eigenvalue weighted by Crippen LogP contribution is -2.44. The lowest BCUT2D eigenvalue weighted by molar-refractivity contribution is -0.319. The van der Waals surface area contributed by atoms with Crippen LogP contribution < -0.4 is 0 Å². The molecule has 0 aromatic heterocycles. The monoisotopic (exact) mass is 266 g/mol. The minimum atomic E-state index is -5.59. The van der Waals surface area contributed by atoms with Gasteiger partial charge in [-0.15, -0.1) is 0 Å². The smallest absolute Gasteiger partial charge is 0.423 e. The highest BCUT2D eigenvalue weighted by Crippen LogP contribution is 2.35. The fourth-order valence-electron chi connectivity index (χ4n) is 0.731. The highest BCUT2D eigenvalue weighted by Gasteiger charge is 2.57. The SMILES string of the molecule is CC(=CCOC(C(F)(F)F)C(F)(F)F)C(=O)O. The summed E-state index contributed by atoms with van der Waals surface area (Å²) >= 11 is 0. The molecule has 0 aliphatic rings. The molecule has 0 spiro atoms. The zero-order chi connectivity index (χ0) is 13.9. The Kier molecular flexibility index (Phi) is 4.99. The van der Waals surface area contributed by atoms with E-state index in [0.29, 0.717) is 6.08 Å². The average molecular weight is 266 g/mol. The highest BCUT2D eigenvalue weighted by atomic mass is 19.4. The van der Waals surface area contributed by atoms with Gasteiger partial charge in [0.15, 0.2) is 0 Å². The van der Waals surface area contributed by atoms with Crippen molar-refractivity contribution in [2.75, 3.05) is 6.61 Å². The van der Waals surface area contributed by atoms with E-state index in [4.69, 9.17) is 5.11 Å². The van der Waals surface area contributed by atoms with Gasteiger partial charge in [-0.1, -0.05) is 0 Å². The van der Waals surface area contributed by atoms with E-state index < -0.39 is 36.6 Å². The van der Waals surface area contributed by atoms with Crippen LogP contribution >= 0.6 is 0 Å². The number of carbonyl (C=O) groups is 1. The number of carboxylic acids is 1. The predicted octanol–water partition coefficient (Wildman–Crippen LogP) is 2.53. The molecule has 0 aromatic carbocycles. The van der Waals surface area contributed by atoms with Crippen LogP contribution in [0.2, 0.25) is 0 Å². The Hall–Kier alpha value is -1.25. The van der Waals surface area contributed by atoms with Crippen LogP contribution in [0.5, 0.6) is 0 Å². The summed E-state index contributed by atoms with van der Waals surface area (Å²) in [5.41, 5.74) is -0.409. The molecule has 0 saturated carbocycles. The van der Waals surface area contributed by atoms with Gasteiger partial charge in [-0.2, -0.15) is 26.3 Å². The van der Waals surface area contributed by atoms with Crippen LogP contribution in [0.1, 0.15) is 6.92 Å². The second-order valence-corrected chi connectivity index (χ2v) is 2.99. The van der Waals surface area contributed by atoms with Gasteiger partial charge in [-0.3, -0.25) is 0 Å². The van der Waals surface area contributed by atoms with E-state index in [1.54, 1.807) is 0 Å². The summed E-state index contributed by atoms with van der Waals surface area (Å²) < 4.78 is 75.1. The Balaban J connectivity index is 4.61. The molecule has 0 heterocycles. The van der Waals surface area contributed by atoms with Gasteiger partial charge in [-0.25, -0.2) is 4.79 Å². The number of hydrogen-bond donors (Lipinski definition) is 1. The van der Waals surface area contributed by atoms with Crippen LogP contribution in [0.3, 0.4) is 0 Å². The van der Waals surface area contributed by atoms with Crippen molar-refractivity contribution < 1.29 is 41.0 Å². The van der Waals surface area contributed by atoms with E-state index in [2.05, 4.69) is 4.74 Å². The number of carboxylic acid groups (broad SMARTS) is 1. The lowest BCUT2D eigenvalue weighted by Gasteiger charge is -2.22. The topological polar surface area (TPSA) is 46.5 Å². The second-order valence-electron chi connectivity index (χ2n) is 2.99. The Morgan fingerprint density at radius 2 is 1.65 bits per heavy atom. The highest BCUT2D eigenvalue weighted by molar-refractivity contribution is 5.85. The van der Waals surface area contributed by atoms with E-state index in [-0.39, 0.29) is 0 Å². The van der Waals surface area contributed by atoms with Crippen molar-refractivity contribution in [3.8, 4) is 0 Å². The molecule has 0 aromatic rings. The third-order valence-corrected chi connectivity index (χ3v) is 1.58. The van der Waals surface area contributed by atoms with Crippen molar-refractivity contribution >= 4 is 5.97 Å². The maximum atomic E-state index is 11.9. The minimum Gasteiger partial charge on any atom is -0.478 e. The molecule has 0 atom stereocenters. The van der Waals surface area contributed by atoms with Gasteiger partial charge >= 0.3 is 18.3 Å². The summed E-state index contributed by atoms with van der Waals surface area (Å²) in [4.78, 5) is 10.2. The lowest BCUT2D eigenvalue weighted by atomic mass is 10.3. The van der Waals surface area contributed by atoms with Crippen LogP contribution in [0, 0.1) is 0 Å². The molecule has 100 valence electrons. The molecule has 1 N–H and O–H groups in total. The number of aliphatic carboxylic acids is 1. The second kappa shape index (κ2) is 5.39. The van der Waals surface area contributed by atoms with Crippen LogP contribution in [0.15, 0.2) is 11.6 Å². The van der Waals surface area contributed by atoms with Crippen molar-refractivity contribution in [1.29, 1.82) is 0 Å². The van der Waals surface area contributed by atoms with Crippen LogP contribution in [-0.4, -0.2) is 36.1 Å². The molecule has 9 heteroatoms. The minimum absolute atomic E-state index is 0.409. The molecule has 0 unspecified atom stereocenters. The van der Waals surface area contributed by atoms with E-state index in [1.165, 1.54) is 0 Å². The van der Waals surface area contributed by atoms with Gasteiger partial charge in [-0.05, 0) is 13.0 Å². The van der Waals surface area contributed by atoms with Crippen molar-refractivity contribution in [3.05, 3.63) is 11.6 Å². The molecule has 0 fully saturated rings. The van der Waals surface area contributed by atoms with Crippen molar-refractivity contribution in [3.63, 3.8) is 0 Å². The Morgan fingerprint density at radius 1 is 1.24 bits per heavy atom. The van der Waals surface area contributed by atoms with Gasteiger partial charge in [0.2, 0.25) is 6.10 Å². The summed E-state index contributed by atoms with van der Waals surface area (Å²) in [7, 11) is 0. The molecule has 0 amide bonds. The normalized spacial score (nSPS) is 14.2. The first-order valence-electron chi connectivity index (χ1n) is 4.11. The van der Waals surface area contributed by atoms with Gasteiger partial charge in [0.05, 0.1) is 6.61 Å². The Bertz CT molecular complexity index is 289. The van der Waals surface area contributed by atoms with Crippen molar-refractivity contribution in [2.24, 2.45) is 0 Å². The van der Waals surface area contributed by atoms with E-state index in [9.17, 15) is 31.1 Å². The summed E-state index contributed by atoms with van der Waals surface area (Å²) in [6, 6.07) is 0. The zero-order valence-corrected chi connectivity index (χ0v) is 8.39. The first kappa shape index (κ1) is 15.8. The van der Waals surface area contributed by atoms with Crippen LogP contribution in [0.4, 0.5) is 26.3 Å². The summed E-state index contributed by atoms with van der Waals surface area (Å²) in [5.74, 6) is -1.45. The molecule has 0 aliphatic heterocycles. The molecule has 0 radical (unpaired) electrons. The number of ether oxygens (including phenoxy) is 1. The summed E-state index contributed by atoms with van der Waals surface area (Å²) in [6.07, 6.45) is -14.5. The quantitative estimate of drug-likeness (QED) is 0.628. The maximum absolute atomic E-state index is 11.9. The Labute approximate surface area is 91.7 Å². The number of alkyl halides is 6. The molecular weight excluding hydrogens is 258 g/mol. The fraction of sp³-hybridized carbons (Fsp3) is 0.625. The summed E-state index contributed by atoms with van der Waals surface area (Å²) in [6.45, 7) is -0.0797. The summed E-state index contributed by atoms with van der Waals surface area (Å²) in [5, 5.41) is 8.30. The van der Waals surface area contributed by atoms with Gasteiger partial charge in [0, 0.05) is 5.57 Å². The average Bonchev–Trinajstić information content (AvgIpc) is 2.07. The predicted molar refractivity (Wildman–Crippen MR) is 43.2 cm³/mol. The standard InChI is InChI=1S/C8H8F6O3/c1-4(5(15)16)2-3-17-6(7(9,10)11)8(12,13)14/h2,6H,3H2,1H3,(H,15,16).